The normalized spacial score (nSPS) is 38.8. The molecule has 2 aliphatic carbocycles. The van der Waals surface area contributed by atoms with E-state index in [1.807, 2.05) is 0 Å². The van der Waals surface area contributed by atoms with Gasteiger partial charge in [0.2, 0.25) is 5.95 Å². The quantitative estimate of drug-likeness (QED) is 0.112. The summed E-state index contributed by atoms with van der Waals surface area (Å²) >= 11 is 0. The van der Waals surface area contributed by atoms with Gasteiger partial charge in [-0.2, -0.15) is 4.98 Å². The number of hydrogen-bond donors (Lipinski definition) is 4. The third-order valence-corrected chi connectivity index (χ3v) is 11.2. The van der Waals surface area contributed by atoms with Crippen LogP contribution >= 0.6 is 15.6 Å². The van der Waals surface area contributed by atoms with Gasteiger partial charge in [0.15, 0.2) is 17.4 Å². The first-order valence-corrected chi connectivity index (χ1v) is 17.2. The molecule has 2 saturated heterocycles. The molecule has 6 heterocycles. The number of nitrogens with two attached hydrogens (primary N) is 2. The van der Waals surface area contributed by atoms with Crippen LogP contribution in [0.3, 0.4) is 0 Å². The van der Waals surface area contributed by atoms with E-state index in [-0.39, 0.29) is 88.5 Å². The van der Waals surface area contributed by atoms with Gasteiger partial charge in [-0.3, -0.25) is 23.5 Å². The van der Waals surface area contributed by atoms with Gasteiger partial charge < -0.3 is 58.5 Å². The number of rotatable bonds is 3. The third kappa shape index (κ3) is 6.19. The first-order chi connectivity index (χ1) is 22.3. The fourth-order valence-electron chi connectivity index (χ4n) is 7.21. The second-order valence-corrected chi connectivity index (χ2v) is 14.6. The molecule has 49 heavy (non-hydrogen) atoms. The Morgan fingerprint density at radius 3 is 2.61 bits per heavy atom. The number of phosphoric acid groups is 2. The molecule has 4 aromatic heterocycles. The Bertz CT molecular complexity index is 2070. The Labute approximate surface area is 319 Å². The molecule has 2 aliphatic heterocycles. The number of aromatic amines is 1. The molecular formula is C24H27N9Na2O12P2. The zero-order valence-electron chi connectivity index (χ0n) is 26.2. The minimum atomic E-state index is -5.24. The third-order valence-electron chi connectivity index (χ3n) is 9.34. The Morgan fingerprint density at radius 1 is 1.10 bits per heavy atom. The predicted octanol–water partition coefficient (Wildman–Crippen LogP) is -7.67. The number of fused-ring (bicyclic) bond motifs is 4. The molecule has 3 unspecified atom stereocenters. The van der Waals surface area contributed by atoms with E-state index < -0.39 is 88.5 Å². The Kier molecular flexibility index (Phi) is 10.1. The average molecular weight is 741 g/mol. The van der Waals surface area contributed by atoms with Crippen LogP contribution in [0.15, 0.2) is 29.7 Å². The average Bonchev–Trinajstić information content (AvgIpc) is 3.30. The molecule has 1 spiro atoms. The first-order valence-electron chi connectivity index (χ1n) is 14.3. The van der Waals surface area contributed by atoms with Crippen molar-refractivity contribution in [2.24, 2.45) is 11.3 Å². The van der Waals surface area contributed by atoms with E-state index in [0.29, 0.717) is 11.0 Å². The number of ether oxygens (including phenoxy) is 2. The van der Waals surface area contributed by atoms with Gasteiger partial charge in [-0.15, -0.1) is 0 Å². The van der Waals surface area contributed by atoms with E-state index in [1.54, 1.807) is 16.8 Å². The van der Waals surface area contributed by atoms with Gasteiger partial charge >= 0.3 is 59.1 Å². The molecule has 4 fully saturated rings. The van der Waals surface area contributed by atoms with Crippen molar-refractivity contribution in [1.82, 2.24) is 34.1 Å². The SMILES string of the molecule is CO[C@H]1[C@H]2OP(=O)([O-])OCC34C[C@@H]3[C@@H](n3ccc5c(N)ncnc53)[C@H](O)[C@@H]4OP(=O)([O-])OC[C@H]1O[C@H]2n1cnc2c(=O)[nH]c(N)nc21.[Na+].[Na+]. The van der Waals surface area contributed by atoms with Crippen molar-refractivity contribution in [1.29, 1.82) is 0 Å². The first kappa shape index (κ1) is 37.4. The van der Waals surface area contributed by atoms with Crippen molar-refractivity contribution in [3.05, 3.63) is 35.3 Å². The Morgan fingerprint density at radius 2 is 1.86 bits per heavy atom. The Balaban J connectivity index is 0.00000208. The summed E-state index contributed by atoms with van der Waals surface area (Å²) in [5.74, 6) is -0.554. The van der Waals surface area contributed by atoms with Crippen LogP contribution < -0.4 is 85.9 Å². The fraction of sp³-hybridized carbons (Fsp3) is 0.542. The summed E-state index contributed by atoms with van der Waals surface area (Å²) in [5, 5.41) is 12.0. The number of nitrogens with one attached hydrogen (secondary N) is 1. The molecule has 2 saturated carbocycles. The monoisotopic (exact) mass is 741 g/mol. The van der Waals surface area contributed by atoms with Crippen LogP contribution in [0.4, 0.5) is 11.8 Å². The van der Waals surface area contributed by atoms with E-state index in [0.717, 1.165) is 6.33 Å². The minimum absolute atomic E-state index is 0. The van der Waals surface area contributed by atoms with Crippen molar-refractivity contribution in [3.8, 4) is 0 Å². The van der Waals surface area contributed by atoms with Crippen molar-refractivity contribution >= 4 is 49.6 Å². The fourth-order valence-corrected chi connectivity index (χ4v) is 9.19. The zero-order valence-corrected chi connectivity index (χ0v) is 32.0. The number of nitrogen functional groups attached to an aromatic ring is 2. The van der Waals surface area contributed by atoms with Crippen molar-refractivity contribution in [2.45, 2.75) is 49.2 Å². The molecule has 11 atom stereocenters. The maximum Gasteiger partial charge on any atom is 1.00 e. The van der Waals surface area contributed by atoms with E-state index in [1.165, 1.54) is 18.0 Å². The topological polar surface area (TPSA) is 302 Å². The van der Waals surface area contributed by atoms with Crippen LogP contribution in [0, 0.1) is 11.3 Å². The van der Waals surface area contributed by atoms with Crippen molar-refractivity contribution in [3.63, 3.8) is 0 Å². The largest absolute Gasteiger partial charge is 1.00 e. The maximum absolute atomic E-state index is 13.5. The number of H-pyrrole nitrogens is 1. The van der Waals surface area contributed by atoms with Gasteiger partial charge in [-0.1, -0.05) is 0 Å². The molecule has 6 N–H and O–H groups in total. The summed E-state index contributed by atoms with van der Waals surface area (Å²) in [5.41, 5.74) is 9.94. The molecule has 252 valence electrons. The number of aliphatic hydroxyl groups excluding tert-OH is 1. The minimum Gasteiger partial charge on any atom is -0.756 e. The van der Waals surface area contributed by atoms with E-state index in [2.05, 4.69) is 24.9 Å². The smallest absolute Gasteiger partial charge is 0.756 e. The molecule has 0 aromatic carbocycles. The number of imidazole rings is 1. The Hall–Kier alpha value is -1.33. The summed E-state index contributed by atoms with van der Waals surface area (Å²) < 4.78 is 62.8. The number of anilines is 2. The van der Waals surface area contributed by atoms with E-state index in [9.17, 15) is 28.8 Å². The molecule has 21 nitrogen and oxygen atoms in total. The van der Waals surface area contributed by atoms with Crippen LogP contribution in [0.5, 0.6) is 0 Å². The number of phosphoric ester groups is 2. The van der Waals surface area contributed by atoms with Crippen LogP contribution in [0.25, 0.3) is 22.2 Å². The van der Waals surface area contributed by atoms with Gasteiger partial charge in [0.1, 0.15) is 48.3 Å². The van der Waals surface area contributed by atoms with Gasteiger partial charge in [0.05, 0.1) is 31.0 Å². The molecule has 25 heteroatoms. The summed E-state index contributed by atoms with van der Waals surface area (Å²) in [6.45, 7) is -1.31. The van der Waals surface area contributed by atoms with Gasteiger partial charge in [0.25, 0.3) is 21.2 Å². The number of methoxy groups -OCH3 is 1. The molecule has 2 bridgehead atoms. The number of hydrogen-bond acceptors (Lipinski definition) is 18. The van der Waals surface area contributed by atoms with E-state index in [4.69, 9.17) is 39.0 Å². The second-order valence-electron chi connectivity index (χ2n) is 11.8. The number of aliphatic hydroxyl groups is 1. The number of nitrogens with zero attached hydrogens (tertiary/aromatic N) is 6. The predicted molar refractivity (Wildman–Crippen MR) is 152 cm³/mol. The van der Waals surface area contributed by atoms with E-state index >= 15 is 0 Å². The standard InChI is InChI=1S/C24H29N9O12P2.2Na/c1-40-15-11-5-41-46(36,37)45-17-14(34)13(32-3-2-9-18(25)27-7-28-19(9)32)10-4-24(10,17)6-42-47(38,39)44-16(15)22(43-11)33-8-29-12-20(33)30-23(26)31-21(12)35;;/h2-3,7-8,10-11,13-17,22,34H,4-6H2,1H3,(H,36,37)(H,38,39)(H2,25,27,28)(H3,26,30,31,35);;/q;2*+1/p-2/t10-,11-,13-,14+,15-,16-,17+,22-,24?;;/m1../s1. The molecule has 8 rings (SSSR count). The summed E-state index contributed by atoms with van der Waals surface area (Å²) in [4.78, 5) is 57.8. The van der Waals surface area contributed by atoms with Crippen LogP contribution in [0.2, 0.25) is 0 Å². The maximum atomic E-state index is 13.5. The van der Waals surface area contributed by atoms with Crippen LogP contribution in [-0.2, 0) is 36.7 Å². The molecule has 0 radical (unpaired) electrons. The second kappa shape index (κ2) is 13.3. The summed E-state index contributed by atoms with van der Waals surface area (Å²) in [7, 11) is -9.21. The summed E-state index contributed by atoms with van der Waals surface area (Å²) in [6.07, 6.45) is -4.08. The van der Waals surface area contributed by atoms with Gasteiger partial charge in [-0.25, -0.2) is 15.0 Å². The van der Waals surface area contributed by atoms with Crippen molar-refractivity contribution in [2.75, 3.05) is 31.8 Å². The van der Waals surface area contributed by atoms with Crippen LogP contribution in [0.1, 0.15) is 18.7 Å². The van der Waals surface area contributed by atoms with Crippen LogP contribution in [-0.4, -0.2) is 90.0 Å². The zero-order chi connectivity index (χ0) is 33.0. The van der Waals surface area contributed by atoms with Crippen molar-refractivity contribution < 1.29 is 111 Å². The van der Waals surface area contributed by atoms with Gasteiger partial charge in [0, 0.05) is 18.7 Å². The molecule has 4 aromatic rings. The molecule has 4 aliphatic rings. The molecular weight excluding hydrogens is 714 g/mol. The summed E-state index contributed by atoms with van der Waals surface area (Å²) in [6, 6.07) is 0.857. The van der Waals surface area contributed by atoms with Gasteiger partial charge in [-0.05, 0) is 18.4 Å². The number of aromatic nitrogens is 7. The molecule has 0 amide bonds.